The number of halogens is 1. The molecule has 0 aliphatic rings. The Kier molecular flexibility index (Phi) is 9.30. The minimum Gasteiger partial charge on any atom is -0.308 e. The number of para-hydroxylation sites is 1. The molecule has 29 heavy (non-hydrogen) atoms. The normalized spacial score (nSPS) is 10.9. The number of benzene rings is 2. The molecule has 0 saturated carbocycles. The second kappa shape index (κ2) is 11.2. The van der Waals surface area contributed by atoms with Crippen molar-refractivity contribution in [3.8, 4) is 0 Å². The molecule has 156 valence electrons. The SMILES string of the molecule is CCSc1ccc(C(=O)N(CCN(C)C)c2nc3c(SC)cccc3s2)cc1.Cl. The third-order valence-corrected chi connectivity index (χ3v) is 6.96. The summed E-state index contributed by atoms with van der Waals surface area (Å²) in [6.45, 7) is 3.51. The van der Waals surface area contributed by atoms with Crippen molar-refractivity contribution in [1.29, 1.82) is 0 Å². The Labute approximate surface area is 191 Å². The van der Waals surface area contributed by atoms with E-state index in [9.17, 15) is 4.79 Å². The van der Waals surface area contributed by atoms with Gasteiger partial charge < -0.3 is 4.90 Å². The van der Waals surface area contributed by atoms with E-state index in [0.29, 0.717) is 12.1 Å². The standard InChI is InChI=1S/C21H25N3OS3.ClH/c1-5-27-16-11-9-15(10-12-16)20(25)24(14-13-23(2)3)21-22-19-17(26-4)7-6-8-18(19)28-21;/h6-12H,5,13-14H2,1-4H3;1H. The van der Waals surface area contributed by atoms with Gasteiger partial charge in [-0.15, -0.1) is 35.9 Å². The average Bonchev–Trinajstić information content (AvgIpc) is 3.12. The Balaban J connectivity index is 0.00000300. The van der Waals surface area contributed by atoms with Crippen LogP contribution in [0.15, 0.2) is 52.3 Å². The zero-order valence-electron chi connectivity index (χ0n) is 17.0. The number of fused-ring (bicyclic) bond motifs is 1. The van der Waals surface area contributed by atoms with Crippen molar-refractivity contribution in [1.82, 2.24) is 9.88 Å². The van der Waals surface area contributed by atoms with Crippen molar-refractivity contribution in [3.05, 3.63) is 48.0 Å². The van der Waals surface area contributed by atoms with Crippen LogP contribution in [0.1, 0.15) is 17.3 Å². The molecule has 0 bridgehead atoms. The highest BCUT2D eigenvalue weighted by molar-refractivity contribution is 7.99. The second-order valence-corrected chi connectivity index (χ2v) is 9.72. The van der Waals surface area contributed by atoms with Crippen molar-refractivity contribution < 1.29 is 4.79 Å². The van der Waals surface area contributed by atoms with Crippen LogP contribution >= 0.6 is 47.3 Å². The lowest BCUT2D eigenvalue weighted by molar-refractivity contribution is 0.0985. The van der Waals surface area contributed by atoms with Crippen LogP contribution in [0, 0.1) is 0 Å². The van der Waals surface area contributed by atoms with Crippen LogP contribution in [0.2, 0.25) is 0 Å². The number of anilines is 1. The Morgan fingerprint density at radius 3 is 2.45 bits per heavy atom. The Hall–Kier alpha value is -1.25. The maximum atomic E-state index is 13.3. The van der Waals surface area contributed by atoms with E-state index in [2.05, 4.69) is 30.2 Å². The summed E-state index contributed by atoms with van der Waals surface area (Å²) in [5, 5.41) is 0.760. The van der Waals surface area contributed by atoms with Gasteiger partial charge in [0.2, 0.25) is 0 Å². The molecular weight excluding hydrogens is 442 g/mol. The van der Waals surface area contributed by atoms with E-state index < -0.39 is 0 Å². The van der Waals surface area contributed by atoms with Crippen LogP contribution in [0.4, 0.5) is 5.13 Å². The molecular formula is C21H26ClN3OS3. The third kappa shape index (κ3) is 5.89. The molecule has 0 saturated heterocycles. The first-order chi connectivity index (χ1) is 13.5. The molecule has 2 aromatic carbocycles. The molecule has 8 heteroatoms. The van der Waals surface area contributed by atoms with Gasteiger partial charge in [0.15, 0.2) is 5.13 Å². The molecule has 0 unspecified atom stereocenters. The van der Waals surface area contributed by atoms with Crippen molar-refractivity contribution in [3.63, 3.8) is 0 Å². The highest BCUT2D eigenvalue weighted by Crippen LogP contribution is 2.34. The summed E-state index contributed by atoms with van der Waals surface area (Å²) in [5.41, 5.74) is 1.68. The van der Waals surface area contributed by atoms with Gasteiger partial charge in [0, 0.05) is 28.4 Å². The molecule has 0 aliphatic carbocycles. The summed E-state index contributed by atoms with van der Waals surface area (Å²) >= 11 is 5.04. The van der Waals surface area contributed by atoms with E-state index in [0.717, 1.165) is 32.5 Å². The van der Waals surface area contributed by atoms with Gasteiger partial charge in [-0.25, -0.2) is 4.98 Å². The molecule has 3 rings (SSSR count). The van der Waals surface area contributed by atoms with E-state index in [1.807, 2.05) is 49.3 Å². The van der Waals surface area contributed by atoms with Crippen molar-refractivity contribution >= 4 is 68.5 Å². The minimum absolute atomic E-state index is 0. The molecule has 3 aromatic rings. The van der Waals surface area contributed by atoms with Crippen LogP contribution < -0.4 is 4.90 Å². The number of thiazole rings is 1. The maximum absolute atomic E-state index is 13.3. The number of rotatable bonds is 8. The van der Waals surface area contributed by atoms with Gasteiger partial charge in [-0.3, -0.25) is 9.69 Å². The second-order valence-electron chi connectivity index (χ2n) is 6.52. The van der Waals surface area contributed by atoms with Crippen molar-refractivity contribution in [2.24, 2.45) is 0 Å². The molecule has 1 heterocycles. The summed E-state index contributed by atoms with van der Waals surface area (Å²) in [6, 6.07) is 14.1. The third-order valence-electron chi connectivity index (χ3n) is 4.25. The monoisotopic (exact) mass is 467 g/mol. The number of carbonyl (C=O) groups is 1. The lowest BCUT2D eigenvalue weighted by atomic mass is 10.2. The molecule has 0 fully saturated rings. The Morgan fingerprint density at radius 1 is 1.10 bits per heavy atom. The first-order valence-corrected chi connectivity index (χ1v) is 12.2. The summed E-state index contributed by atoms with van der Waals surface area (Å²) in [5.74, 6) is 1.02. The number of hydrogen-bond acceptors (Lipinski definition) is 6. The number of aromatic nitrogens is 1. The van der Waals surface area contributed by atoms with Gasteiger partial charge in [0.05, 0.1) is 10.2 Å². The molecule has 1 aromatic heterocycles. The van der Waals surface area contributed by atoms with Crippen LogP contribution in [-0.4, -0.2) is 55.0 Å². The van der Waals surface area contributed by atoms with Gasteiger partial charge in [0.1, 0.15) is 0 Å². The minimum atomic E-state index is -0.000318. The lowest BCUT2D eigenvalue weighted by Gasteiger charge is -2.22. The highest BCUT2D eigenvalue weighted by atomic mass is 35.5. The van der Waals surface area contributed by atoms with Gasteiger partial charge in [-0.05, 0) is 62.5 Å². The zero-order valence-corrected chi connectivity index (χ0v) is 20.3. The number of nitrogens with zero attached hydrogens (tertiary/aromatic N) is 3. The predicted octanol–water partition coefficient (Wildman–Crippen LogP) is 5.76. The molecule has 0 atom stereocenters. The van der Waals surface area contributed by atoms with Crippen LogP contribution in [0.3, 0.4) is 0 Å². The van der Waals surface area contributed by atoms with Gasteiger partial charge in [-0.2, -0.15) is 0 Å². The molecule has 4 nitrogen and oxygen atoms in total. The number of likely N-dealkylation sites (N-methyl/N-ethyl adjacent to an activating group) is 1. The number of hydrogen-bond donors (Lipinski definition) is 0. The van der Waals surface area contributed by atoms with Gasteiger partial charge >= 0.3 is 0 Å². The fourth-order valence-corrected chi connectivity index (χ4v) is 5.10. The molecule has 1 amide bonds. The van der Waals surface area contributed by atoms with E-state index in [-0.39, 0.29) is 18.3 Å². The Morgan fingerprint density at radius 2 is 1.83 bits per heavy atom. The summed E-state index contributed by atoms with van der Waals surface area (Å²) in [6.07, 6.45) is 2.05. The first-order valence-electron chi connectivity index (χ1n) is 9.16. The molecule has 0 N–H and O–H groups in total. The predicted molar refractivity (Wildman–Crippen MR) is 132 cm³/mol. The number of amides is 1. The van der Waals surface area contributed by atoms with Gasteiger partial charge in [0.25, 0.3) is 5.91 Å². The summed E-state index contributed by atoms with van der Waals surface area (Å²) < 4.78 is 1.11. The highest BCUT2D eigenvalue weighted by Gasteiger charge is 2.22. The smallest absolute Gasteiger partial charge is 0.260 e. The van der Waals surface area contributed by atoms with Crippen molar-refractivity contribution in [2.75, 3.05) is 44.1 Å². The van der Waals surface area contributed by atoms with Crippen LogP contribution in [-0.2, 0) is 0 Å². The fraction of sp³-hybridized carbons (Fsp3) is 0.333. The molecule has 0 radical (unpaired) electrons. The topological polar surface area (TPSA) is 36.4 Å². The van der Waals surface area contributed by atoms with E-state index in [1.165, 1.54) is 4.90 Å². The first kappa shape index (κ1) is 24.0. The maximum Gasteiger partial charge on any atom is 0.260 e. The van der Waals surface area contributed by atoms with Gasteiger partial charge in [-0.1, -0.05) is 24.3 Å². The zero-order chi connectivity index (χ0) is 20.1. The van der Waals surface area contributed by atoms with Crippen LogP contribution in [0.25, 0.3) is 10.2 Å². The molecule has 0 aliphatic heterocycles. The lowest BCUT2D eigenvalue weighted by Crippen LogP contribution is -2.36. The van der Waals surface area contributed by atoms with E-state index >= 15 is 0 Å². The summed E-state index contributed by atoms with van der Waals surface area (Å²) in [7, 11) is 4.03. The molecule has 0 spiro atoms. The van der Waals surface area contributed by atoms with E-state index in [1.54, 1.807) is 34.9 Å². The number of thioether (sulfide) groups is 2. The Bertz CT molecular complexity index is 944. The number of carbonyl (C=O) groups excluding carboxylic acids is 1. The largest absolute Gasteiger partial charge is 0.308 e. The van der Waals surface area contributed by atoms with Crippen LogP contribution in [0.5, 0.6) is 0 Å². The quantitative estimate of drug-likeness (QED) is 0.393. The average molecular weight is 468 g/mol. The summed E-state index contributed by atoms with van der Waals surface area (Å²) in [4.78, 5) is 24.4. The fourth-order valence-electron chi connectivity index (χ4n) is 2.79. The van der Waals surface area contributed by atoms with E-state index in [4.69, 9.17) is 4.98 Å². The van der Waals surface area contributed by atoms with Crippen molar-refractivity contribution in [2.45, 2.75) is 16.7 Å².